The standard InChI is InChI=1S/C14H16N2O3/c1-2-19-14(18)10-16-13(17)9-8-12(15-16)11-6-4-3-5-7-11/h3-8,15H,2,9-10H2,1H3. The van der Waals surface area contributed by atoms with Crippen molar-refractivity contribution >= 4 is 17.6 Å². The zero-order valence-corrected chi connectivity index (χ0v) is 10.8. The number of benzene rings is 1. The molecule has 1 aromatic rings. The SMILES string of the molecule is CCOC(=O)CN1NC(c2ccccc2)=CCC1=O. The number of hydrazine groups is 1. The molecule has 0 saturated heterocycles. The molecule has 1 aromatic carbocycles. The molecule has 0 bridgehead atoms. The van der Waals surface area contributed by atoms with Crippen molar-refractivity contribution in [3.05, 3.63) is 42.0 Å². The first-order valence-electron chi connectivity index (χ1n) is 6.19. The van der Waals surface area contributed by atoms with Gasteiger partial charge in [-0.15, -0.1) is 0 Å². The van der Waals surface area contributed by atoms with E-state index in [0.717, 1.165) is 11.3 Å². The molecule has 2 rings (SSSR count). The van der Waals surface area contributed by atoms with Crippen molar-refractivity contribution in [2.75, 3.05) is 13.2 Å². The Bertz CT molecular complexity index is 497. The fourth-order valence-corrected chi connectivity index (χ4v) is 1.82. The maximum Gasteiger partial charge on any atom is 0.327 e. The molecule has 1 heterocycles. The summed E-state index contributed by atoms with van der Waals surface area (Å²) in [5.41, 5.74) is 4.75. The Balaban J connectivity index is 2.06. The van der Waals surface area contributed by atoms with Crippen LogP contribution in [-0.2, 0) is 14.3 Å². The summed E-state index contributed by atoms with van der Waals surface area (Å²) in [6, 6.07) is 9.65. The second-order valence-corrected chi connectivity index (χ2v) is 4.08. The van der Waals surface area contributed by atoms with E-state index in [4.69, 9.17) is 4.74 Å². The van der Waals surface area contributed by atoms with Crippen LogP contribution in [0.5, 0.6) is 0 Å². The molecule has 0 fully saturated rings. The van der Waals surface area contributed by atoms with E-state index < -0.39 is 5.97 Å². The molecular formula is C14H16N2O3. The highest BCUT2D eigenvalue weighted by molar-refractivity contribution is 5.87. The molecule has 1 N–H and O–H groups in total. The highest BCUT2D eigenvalue weighted by atomic mass is 16.5. The van der Waals surface area contributed by atoms with Gasteiger partial charge >= 0.3 is 5.97 Å². The summed E-state index contributed by atoms with van der Waals surface area (Å²) in [5.74, 6) is -0.564. The van der Waals surface area contributed by atoms with Gasteiger partial charge in [-0.25, -0.2) is 5.01 Å². The fourth-order valence-electron chi connectivity index (χ4n) is 1.82. The van der Waals surface area contributed by atoms with Crippen molar-refractivity contribution in [2.45, 2.75) is 13.3 Å². The van der Waals surface area contributed by atoms with Crippen LogP contribution in [-0.4, -0.2) is 30.0 Å². The zero-order chi connectivity index (χ0) is 13.7. The highest BCUT2D eigenvalue weighted by Crippen LogP contribution is 2.16. The maximum atomic E-state index is 11.7. The number of rotatable bonds is 4. The van der Waals surface area contributed by atoms with Crippen LogP contribution >= 0.6 is 0 Å². The number of hydrogen-bond donors (Lipinski definition) is 1. The third-order valence-electron chi connectivity index (χ3n) is 2.71. The molecule has 0 saturated carbocycles. The Labute approximate surface area is 111 Å². The lowest BCUT2D eigenvalue weighted by atomic mass is 10.1. The number of carbonyl (C=O) groups is 2. The first kappa shape index (κ1) is 13.1. The van der Waals surface area contributed by atoms with Crippen molar-refractivity contribution in [1.29, 1.82) is 0 Å². The predicted octanol–water partition coefficient (Wildman–Crippen LogP) is 1.33. The number of nitrogens with zero attached hydrogens (tertiary/aromatic N) is 1. The van der Waals surface area contributed by atoms with Gasteiger partial charge in [0.15, 0.2) is 0 Å². The van der Waals surface area contributed by atoms with Gasteiger partial charge in [0.2, 0.25) is 5.91 Å². The van der Waals surface area contributed by atoms with Gasteiger partial charge in [0.05, 0.1) is 12.3 Å². The average Bonchev–Trinajstić information content (AvgIpc) is 2.42. The molecule has 5 heteroatoms. The first-order chi connectivity index (χ1) is 9.20. The molecule has 1 aliphatic rings. The largest absolute Gasteiger partial charge is 0.465 e. The molecule has 0 atom stereocenters. The average molecular weight is 260 g/mol. The van der Waals surface area contributed by atoms with Crippen LogP contribution in [0.1, 0.15) is 18.9 Å². The number of esters is 1. The molecule has 100 valence electrons. The van der Waals surface area contributed by atoms with E-state index in [9.17, 15) is 9.59 Å². The van der Waals surface area contributed by atoms with Crippen molar-refractivity contribution in [3.8, 4) is 0 Å². The normalized spacial score (nSPS) is 14.7. The number of amides is 1. The van der Waals surface area contributed by atoms with Crippen LogP contribution < -0.4 is 5.43 Å². The monoisotopic (exact) mass is 260 g/mol. The summed E-state index contributed by atoms with van der Waals surface area (Å²) in [4.78, 5) is 23.1. The van der Waals surface area contributed by atoms with E-state index in [1.165, 1.54) is 5.01 Å². The summed E-state index contributed by atoms with van der Waals surface area (Å²) in [6.45, 7) is 1.96. The summed E-state index contributed by atoms with van der Waals surface area (Å²) in [5, 5.41) is 1.29. The fraction of sp³-hybridized carbons (Fsp3) is 0.286. The lowest BCUT2D eigenvalue weighted by Gasteiger charge is -2.28. The Morgan fingerprint density at radius 3 is 2.79 bits per heavy atom. The molecular weight excluding hydrogens is 244 g/mol. The van der Waals surface area contributed by atoms with E-state index in [-0.39, 0.29) is 18.9 Å². The van der Waals surface area contributed by atoms with E-state index >= 15 is 0 Å². The second-order valence-electron chi connectivity index (χ2n) is 4.08. The third kappa shape index (κ3) is 3.34. The molecule has 1 aliphatic heterocycles. The minimum absolute atomic E-state index is 0.0865. The van der Waals surface area contributed by atoms with Crippen LogP contribution in [0.3, 0.4) is 0 Å². The second kappa shape index (κ2) is 6.04. The van der Waals surface area contributed by atoms with Gasteiger partial charge in [-0.05, 0) is 18.6 Å². The highest BCUT2D eigenvalue weighted by Gasteiger charge is 2.22. The minimum atomic E-state index is -0.419. The first-order valence-corrected chi connectivity index (χ1v) is 6.19. The van der Waals surface area contributed by atoms with Gasteiger partial charge in [-0.1, -0.05) is 30.3 Å². The third-order valence-corrected chi connectivity index (χ3v) is 2.71. The van der Waals surface area contributed by atoms with Crippen LogP contribution in [0, 0.1) is 0 Å². The molecule has 5 nitrogen and oxygen atoms in total. The number of ether oxygens (including phenoxy) is 1. The summed E-state index contributed by atoms with van der Waals surface area (Å²) >= 11 is 0. The summed E-state index contributed by atoms with van der Waals surface area (Å²) in [6.07, 6.45) is 2.09. The topological polar surface area (TPSA) is 58.6 Å². The Morgan fingerprint density at radius 1 is 1.37 bits per heavy atom. The van der Waals surface area contributed by atoms with Crippen molar-refractivity contribution < 1.29 is 14.3 Å². The molecule has 0 radical (unpaired) electrons. The van der Waals surface area contributed by atoms with Gasteiger partial charge in [0.1, 0.15) is 6.54 Å². The van der Waals surface area contributed by atoms with Gasteiger partial charge < -0.3 is 4.74 Å². The zero-order valence-electron chi connectivity index (χ0n) is 10.8. The van der Waals surface area contributed by atoms with Gasteiger partial charge in [0, 0.05) is 6.42 Å². The lowest BCUT2D eigenvalue weighted by molar-refractivity contribution is -0.150. The molecule has 0 unspecified atom stereocenters. The quantitative estimate of drug-likeness (QED) is 0.830. The van der Waals surface area contributed by atoms with Crippen LogP contribution in [0.15, 0.2) is 36.4 Å². The van der Waals surface area contributed by atoms with Gasteiger partial charge in [0.25, 0.3) is 0 Å². The Morgan fingerprint density at radius 2 is 2.11 bits per heavy atom. The van der Waals surface area contributed by atoms with Crippen LogP contribution in [0.2, 0.25) is 0 Å². The van der Waals surface area contributed by atoms with Gasteiger partial charge in [-0.2, -0.15) is 0 Å². The maximum absolute atomic E-state index is 11.7. The van der Waals surface area contributed by atoms with E-state index in [1.807, 2.05) is 36.4 Å². The minimum Gasteiger partial charge on any atom is -0.465 e. The van der Waals surface area contributed by atoms with Crippen molar-refractivity contribution in [2.24, 2.45) is 0 Å². The van der Waals surface area contributed by atoms with E-state index in [2.05, 4.69) is 5.43 Å². The molecule has 1 amide bonds. The Kier molecular flexibility index (Phi) is 4.18. The van der Waals surface area contributed by atoms with Crippen LogP contribution in [0.25, 0.3) is 5.70 Å². The molecule has 19 heavy (non-hydrogen) atoms. The predicted molar refractivity (Wildman–Crippen MR) is 70.5 cm³/mol. The van der Waals surface area contributed by atoms with E-state index in [1.54, 1.807) is 6.92 Å². The van der Waals surface area contributed by atoms with Crippen molar-refractivity contribution in [3.63, 3.8) is 0 Å². The summed E-state index contributed by atoms with van der Waals surface area (Å²) < 4.78 is 4.84. The number of hydrogen-bond acceptors (Lipinski definition) is 4. The van der Waals surface area contributed by atoms with Gasteiger partial charge in [-0.3, -0.25) is 15.0 Å². The van der Waals surface area contributed by atoms with Crippen molar-refractivity contribution in [1.82, 2.24) is 10.4 Å². The summed E-state index contributed by atoms with van der Waals surface area (Å²) in [7, 11) is 0. The lowest BCUT2D eigenvalue weighted by Crippen LogP contribution is -2.47. The smallest absolute Gasteiger partial charge is 0.327 e. The number of carbonyl (C=O) groups excluding carboxylic acids is 2. The number of nitrogens with one attached hydrogen (secondary N) is 1. The van der Waals surface area contributed by atoms with Crippen LogP contribution in [0.4, 0.5) is 0 Å². The molecule has 0 aliphatic carbocycles. The molecule has 0 spiro atoms. The Hall–Kier alpha value is -2.30. The van der Waals surface area contributed by atoms with E-state index in [0.29, 0.717) is 6.61 Å². The molecule has 0 aromatic heterocycles.